The van der Waals surface area contributed by atoms with Crippen LogP contribution in [0.4, 0.5) is 10.1 Å². The molecular formula is C25H25FN6O4. The van der Waals surface area contributed by atoms with Crippen LogP contribution in [0.1, 0.15) is 49.5 Å². The van der Waals surface area contributed by atoms with E-state index in [1.807, 2.05) is 13.8 Å². The van der Waals surface area contributed by atoms with Crippen LogP contribution in [0.25, 0.3) is 16.7 Å². The van der Waals surface area contributed by atoms with Gasteiger partial charge in [0, 0.05) is 23.3 Å². The molecule has 0 bridgehead atoms. The fourth-order valence-corrected chi connectivity index (χ4v) is 4.07. The lowest BCUT2D eigenvalue weighted by Gasteiger charge is -2.13. The molecule has 1 unspecified atom stereocenters. The van der Waals surface area contributed by atoms with E-state index in [0.717, 1.165) is 23.9 Å². The summed E-state index contributed by atoms with van der Waals surface area (Å²) in [6, 6.07) is 9.73. The van der Waals surface area contributed by atoms with Crippen LogP contribution in [0, 0.1) is 5.82 Å². The Balaban J connectivity index is 1.59. The van der Waals surface area contributed by atoms with E-state index in [4.69, 9.17) is 0 Å². The fraction of sp³-hybridized carbons (Fsp3) is 0.320. The zero-order chi connectivity index (χ0) is 25.6. The van der Waals surface area contributed by atoms with Gasteiger partial charge in [-0.05, 0) is 68.7 Å². The molecule has 5 rings (SSSR count). The average Bonchev–Trinajstić information content (AvgIpc) is 3.64. The minimum absolute atomic E-state index is 0.0406. The molecule has 11 heteroatoms. The number of aromatic nitrogens is 4. The van der Waals surface area contributed by atoms with Crippen molar-refractivity contribution < 1.29 is 14.0 Å². The molecule has 0 saturated heterocycles. The van der Waals surface area contributed by atoms with Gasteiger partial charge in [0.25, 0.3) is 11.5 Å². The highest BCUT2D eigenvalue weighted by atomic mass is 19.1. The standard InChI is InChI=1S/C25H25FN6O4/c1-3-14(2)27-22(34)15-4-11-19-20(12-15)32-24(31(23(19)35)18-9-10-18)29-30(25(32)36)13-21(33)28-17-7-5-16(26)6-8-17/h4-8,11-12,14,18H,3,9-10,13H2,1-2H3,(H,27,34)(H,28,33). The molecule has 0 spiro atoms. The smallest absolute Gasteiger partial charge is 0.350 e. The van der Waals surface area contributed by atoms with Gasteiger partial charge in [0.2, 0.25) is 11.7 Å². The molecule has 2 aromatic carbocycles. The molecule has 1 atom stereocenters. The quantitative estimate of drug-likeness (QED) is 0.411. The molecule has 4 aromatic rings. The number of fused-ring (bicyclic) bond motifs is 3. The summed E-state index contributed by atoms with van der Waals surface area (Å²) in [5.41, 5.74) is 0.00993. The molecule has 2 N–H and O–H groups in total. The van der Waals surface area contributed by atoms with Gasteiger partial charge in [0.15, 0.2) is 0 Å². The summed E-state index contributed by atoms with van der Waals surface area (Å²) in [6.45, 7) is 3.43. The van der Waals surface area contributed by atoms with Crippen molar-refractivity contribution in [3.8, 4) is 0 Å². The number of halogens is 1. The molecule has 1 fully saturated rings. The Kier molecular flexibility index (Phi) is 5.91. The highest BCUT2D eigenvalue weighted by molar-refractivity contribution is 5.98. The SMILES string of the molecule is CCC(C)NC(=O)c1ccc2c(=O)n(C3CC3)c3nn(CC(=O)Nc4ccc(F)cc4)c(=O)n3c2c1. The van der Waals surface area contributed by atoms with Gasteiger partial charge >= 0.3 is 5.69 Å². The predicted molar refractivity (Wildman–Crippen MR) is 132 cm³/mol. The predicted octanol–water partition coefficient (Wildman–Crippen LogP) is 2.45. The normalized spacial score (nSPS) is 14.2. The van der Waals surface area contributed by atoms with Gasteiger partial charge in [-0.1, -0.05) is 6.92 Å². The van der Waals surface area contributed by atoms with Crippen LogP contribution in [0.2, 0.25) is 0 Å². The van der Waals surface area contributed by atoms with Crippen molar-refractivity contribution in [2.45, 2.75) is 51.7 Å². The molecule has 2 amide bonds. The van der Waals surface area contributed by atoms with Crippen LogP contribution in [0.3, 0.4) is 0 Å². The molecule has 0 radical (unpaired) electrons. The Bertz CT molecular complexity index is 1610. The van der Waals surface area contributed by atoms with Gasteiger partial charge in [-0.15, -0.1) is 5.10 Å². The molecule has 2 heterocycles. The topological polar surface area (TPSA) is 120 Å². The maximum atomic E-state index is 13.4. The first-order valence-corrected chi connectivity index (χ1v) is 11.8. The zero-order valence-corrected chi connectivity index (χ0v) is 19.8. The van der Waals surface area contributed by atoms with E-state index in [0.29, 0.717) is 11.3 Å². The molecule has 2 aromatic heterocycles. The summed E-state index contributed by atoms with van der Waals surface area (Å²) >= 11 is 0. The highest BCUT2D eigenvalue weighted by Crippen LogP contribution is 2.35. The Hall–Kier alpha value is -4.28. The summed E-state index contributed by atoms with van der Waals surface area (Å²) in [4.78, 5) is 52.0. The van der Waals surface area contributed by atoms with Crippen molar-refractivity contribution in [2.75, 3.05) is 5.32 Å². The van der Waals surface area contributed by atoms with Crippen LogP contribution in [-0.4, -0.2) is 36.6 Å². The first-order chi connectivity index (χ1) is 17.3. The lowest BCUT2D eigenvalue weighted by molar-refractivity contribution is -0.117. The first kappa shape index (κ1) is 23.5. The third kappa shape index (κ3) is 4.28. The number of carbonyl (C=O) groups excluding carboxylic acids is 2. The lowest BCUT2D eigenvalue weighted by atomic mass is 10.1. The third-order valence-electron chi connectivity index (χ3n) is 6.31. The Labute approximate surface area is 204 Å². The number of nitrogens with one attached hydrogen (secondary N) is 2. The Morgan fingerprint density at radius 3 is 2.53 bits per heavy atom. The van der Waals surface area contributed by atoms with Crippen molar-refractivity contribution in [3.63, 3.8) is 0 Å². The molecule has 10 nitrogen and oxygen atoms in total. The molecule has 1 aliphatic carbocycles. The minimum atomic E-state index is -0.613. The molecule has 1 aliphatic rings. The molecule has 186 valence electrons. The molecule has 36 heavy (non-hydrogen) atoms. The number of amides is 2. The number of hydrogen-bond acceptors (Lipinski definition) is 5. The van der Waals surface area contributed by atoms with Crippen molar-refractivity contribution >= 4 is 34.2 Å². The second-order valence-electron chi connectivity index (χ2n) is 9.05. The fourth-order valence-electron chi connectivity index (χ4n) is 4.07. The van der Waals surface area contributed by atoms with Crippen molar-refractivity contribution in [3.05, 3.63) is 74.7 Å². The van der Waals surface area contributed by atoms with Gasteiger partial charge in [0.1, 0.15) is 12.4 Å². The van der Waals surface area contributed by atoms with E-state index in [1.54, 1.807) is 12.1 Å². The second-order valence-corrected chi connectivity index (χ2v) is 9.05. The van der Waals surface area contributed by atoms with Gasteiger partial charge in [-0.25, -0.2) is 18.3 Å². The van der Waals surface area contributed by atoms with Gasteiger partial charge < -0.3 is 10.6 Å². The third-order valence-corrected chi connectivity index (χ3v) is 6.31. The van der Waals surface area contributed by atoms with Gasteiger partial charge in [0.05, 0.1) is 10.9 Å². The van der Waals surface area contributed by atoms with E-state index in [9.17, 15) is 23.6 Å². The largest absolute Gasteiger partial charge is 0.352 e. The summed E-state index contributed by atoms with van der Waals surface area (Å²) in [6.07, 6.45) is 2.31. The van der Waals surface area contributed by atoms with E-state index in [-0.39, 0.29) is 40.2 Å². The maximum Gasteiger partial charge on any atom is 0.352 e. The molecular weight excluding hydrogens is 467 g/mol. The number of carbonyl (C=O) groups is 2. The zero-order valence-electron chi connectivity index (χ0n) is 19.8. The molecule has 1 saturated carbocycles. The van der Waals surface area contributed by atoms with E-state index >= 15 is 0 Å². The van der Waals surface area contributed by atoms with E-state index in [1.165, 1.54) is 39.3 Å². The number of nitrogens with zero attached hydrogens (tertiary/aromatic N) is 4. The summed E-state index contributed by atoms with van der Waals surface area (Å²) in [7, 11) is 0. The number of rotatable bonds is 7. The summed E-state index contributed by atoms with van der Waals surface area (Å²) in [5, 5.41) is 10.1. The van der Waals surface area contributed by atoms with Crippen LogP contribution in [0.5, 0.6) is 0 Å². The summed E-state index contributed by atoms with van der Waals surface area (Å²) < 4.78 is 16.9. The monoisotopic (exact) mass is 492 g/mol. The second kappa shape index (κ2) is 9.06. The number of hydrogen-bond donors (Lipinski definition) is 2. The van der Waals surface area contributed by atoms with Crippen LogP contribution < -0.4 is 21.9 Å². The van der Waals surface area contributed by atoms with Crippen LogP contribution >= 0.6 is 0 Å². The number of anilines is 1. The summed E-state index contributed by atoms with van der Waals surface area (Å²) in [5.74, 6) is -1.17. The molecule has 0 aliphatic heterocycles. The Morgan fingerprint density at radius 2 is 1.86 bits per heavy atom. The van der Waals surface area contributed by atoms with Crippen molar-refractivity contribution in [1.82, 2.24) is 24.1 Å². The maximum absolute atomic E-state index is 13.4. The van der Waals surface area contributed by atoms with E-state index < -0.39 is 24.0 Å². The van der Waals surface area contributed by atoms with Gasteiger partial charge in [-0.2, -0.15) is 0 Å². The first-order valence-electron chi connectivity index (χ1n) is 11.8. The Morgan fingerprint density at radius 1 is 1.14 bits per heavy atom. The van der Waals surface area contributed by atoms with Crippen molar-refractivity contribution in [2.24, 2.45) is 0 Å². The average molecular weight is 493 g/mol. The van der Waals surface area contributed by atoms with Crippen LogP contribution in [-0.2, 0) is 11.3 Å². The number of benzene rings is 2. The van der Waals surface area contributed by atoms with Crippen molar-refractivity contribution in [1.29, 1.82) is 0 Å². The van der Waals surface area contributed by atoms with E-state index in [2.05, 4.69) is 15.7 Å². The minimum Gasteiger partial charge on any atom is -0.350 e. The lowest BCUT2D eigenvalue weighted by Crippen LogP contribution is -2.32. The van der Waals surface area contributed by atoms with Crippen LogP contribution in [0.15, 0.2) is 52.1 Å². The highest BCUT2D eigenvalue weighted by Gasteiger charge is 2.30. The van der Waals surface area contributed by atoms with Gasteiger partial charge in [-0.3, -0.25) is 19.0 Å².